The smallest absolute Gasteiger partial charge is 0.267 e. The van der Waals surface area contributed by atoms with E-state index >= 15 is 0 Å². The zero-order chi connectivity index (χ0) is 20.7. The van der Waals surface area contributed by atoms with Gasteiger partial charge in [0.05, 0.1) is 12.2 Å². The summed E-state index contributed by atoms with van der Waals surface area (Å²) < 4.78 is 33.6. The lowest BCUT2D eigenvalue weighted by atomic mass is 10.0. The van der Waals surface area contributed by atoms with Crippen LogP contribution in [0, 0.1) is 11.6 Å². The van der Waals surface area contributed by atoms with E-state index in [1.54, 1.807) is 24.4 Å². The number of carbonyl (C=O) groups is 1. The van der Waals surface area contributed by atoms with Crippen molar-refractivity contribution in [2.75, 3.05) is 6.54 Å². The maximum Gasteiger partial charge on any atom is 0.267 e. The van der Waals surface area contributed by atoms with Crippen molar-refractivity contribution < 1.29 is 18.3 Å². The first-order valence-corrected chi connectivity index (χ1v) is 9.54. The number of nitrogens with one attached hydrogen (secondary N) is 2. The highest BCUT2D eigenvalue weighted by atomic mass is 19.1. The molecule has 150 valence electrons. The van der Waals surface area contributed by atoms with E-state index in [0.29, 0.717) is 34.3 Å². The van der Waals surface area contributed by atoms with Gasteiger partial charge in [-0.15, -0.1) is 0 Å². The standard InChI is InChI=1S/C23H17F2N3O2/c24-16-4-5-20-14(8-16)11-21(28-20)23(29)27-12-17-9-15-7-13(10-18(25)22(15)30-17)19-3-1-2-6-26-19/h1-8,10-11,17,28H,9,12H2,(H,27,29). The van der Waals surface area contributed by atoms with Gasteiger partial charge in [-0.05, 0) is 48.5 Å². The topological polar surface area (TPSA) is 67.0 Å². The van der Waals surface area contributed by atoms with E-state index in [1.165, 1.54) is 18.2 Å². The molecule has 0 fully saturated rings. The first kappa shape index (κ1) is 18.3. The van der Waals surface area contributed by atoms with Gasteiger partial charge in [0, 0.05) is 34.6 Å². The zero-order valence-electron chi connectivity index (χ0n) is 15.8. The zero-order valence-corrected chi connectivity index (χ0v) is 15.8. The molecule has 2 aromatic carbocycles. The summed E-state index contributed by atoms with van der Waals surface area (Å²) in [4.78, 5) is 19.7. The number of fused-ring (bicyclic) bond motifs is 2. The number of rotatable bonds is 4. The number of H-pyrrole nitrogens is 1. The maximum absolute atomic E-state index is 14.5. The average Bonchev–Trinajstić information content (AvgIpc) is 3.36. The van der Waals surface area contributed by atoms with Crippen LogP contribution >= 0.6 is 0 Å². The number of aromatic amines is 1. The van der Waals surface area contributed by atoms with Gasteiger partial charge in [-0.25, -0.2) is 8.78 Å². The first-order chi connectivity index (χ1) is 14.6. The molecular formula is C23H17F2N3O2. The second-order valence-electron chi connectivity index (χ2n) is 7.23. The number of amides is 1. The Morgan fingerprint density at radius 3 is 2.90 bits per heavy atom. The van der Waals surface area contributed by atoms with Gasteiger partial charge in [-0.3, -0.25) is 9.78 Å². The van der Waals surface area contributed by atoms with E-state index in [-0.39, 0.29) is 30.1 Å². The SMILES string of the molecule is O=C(NCC1Cc2cc(-c3ccccn3)cc(F)c2O1)c1cc2cc(F)ccc2[nH]1. The van der Waals surface area contributed by atoms with E-state index in [9.17, 15) is 13.6 Å². The number of benzene rings is 2. The molecule has 0 saturated carbocycles. The molecule has 0 bridgehead atoms. The van der Waals surface area contributed by atoms with Crippen LogP contribution in [0.5, 0.6) is 5.75 Å². The summed E-state index contributed by atoms with van der Waals surface area (Å²) >= 11 is 0. The van der Waals surface area contributed by atoms with Crippen LogP contribution in [-0.2, 0) is 6.42 Å². The molecule has 1 amide bonds. The summed E-state index contributed by atoms with van der Waals surface area (Å²) in [5.74, 6) is -0.923. The molecule has 1 unspecified atom stereocenters. The van der Waals surface area contributed by atoms with Gasteiger partial charge in [-0.1, -0.05) is 6.07 Å². The quantitative estimate of drug-likeness (QED) is 0.534. The lowest BCUT2D eigenvalue weighted by Gasteiger charge is -2.11. The van der Waals surface area contributed by atoms with Crippen LogP contribution in [0.2, 0.25) is 0 Å². The fourth-order valence-corrected chi connectivity index (χ4v) is 3.71. The Hall–Kier alpha value is -3.74. The van der Waals surface area contributed by atoms with Crippen molar-refractivity contribution in [3.05, 3.63) is 83.7 Å². The van der Waals surface area contributed by atoms with Gasteiger partial charge in [-0.2, -0.15) is 0 Å². The van der Waals surface area contributed by atoms with Crippen molar-refractivity contribution >= 4 is 16.8 Å². The van der Waals surface area contributed by atoms with E-state index in [0.717, 1.165) is 5.56 Å². The molecule has 2 aromatic heterocycles. The second-order valence-corrected chi connectivity index (χ2v) is 7.23. The number of pyridine rings is 1. The highest BCUT2D eigenvalue weighted by molar-refractivity contribution is 5.98. The van der Waals surface area contributed by atoms with Crippen LogP contribution in [-0.4, -0.2) is 28.5 Å². The molecule has 5 rings (SSSR count). The minimum atomic E-state index is -0.445. The predicted molar refractivity (Wildman–Crippen MR) is 108 cm³/mol. The number of ether oxygens (including phenoxy) is 1. The van der Waals surface area contributed by atoms with Gasteiger partial charge < -0.3 is 15.0 Å². The lowest BCUT2D eigenvalue weighted by molar-refractivity contribution is 0.0928. The van der Waals surface area contributed by atoms with E-state index in [4.69, 9.17) is 4.74 Å². The third-order valence-electron chi connectivity index (χ3n) is 5.13. The van der Waals surface area contributed by atoms with Crippen LogP contribution in [0.3, 0.4) is 0 Å². The van der Waals surface area contributed by atoms with Crippen LogP contribution in [0.15, 0.2) is 60.8 Å². The molecule has 0 spiro atoms. The maximum atomic E-state index is 14.5. The Morgan fingerprint density at radius 2 is 2.07 bits per heavy atom. The van der Waals surface area contributed by atoms with Gasteiger partial charge in [0.1, 0.15) is 17.6 Å². The molecule has 1 aliphatic rings. The Bertz CT molecular complexity index is 1250. The van der Waals surface area contributed by atoms with Gasteiger partial charge in [0.15, 0.2) is 11.6 Å². The number of hydrogen-bond acceptors (Lipinski definition) is 3. The van der Waals surface area contributed by atoms with Crippen molar-refractivity contribution in [3.8, 4) is 17.0 Å². The minimum absolute atomic E-state index is 0.218. The van der Waals surface area contributed by atoms with Crippen molar-refractivity contribution in [2.45, 2.75) is 12.5 Å². The van der Waals surface area contributed by atoms with Gasteiger partial charge in [0.25, 0.3) is 5.91 Å². The molecule has 1 aliphatic heterocycles. The fourth-order valence-electron chi connectivity index (χ4n) is 3.71. The molecule has 4 aromatic rings. The normalized spacial score (nSPS) is 15.1. The van der Waals surface area contributed by atoms with E-state index < -0.39 is 5.82 Å². The number of hydrogen-bond donors (Lipinski definition) is 2. The Balaban J connectivity index is 1.28. The fraction of sp³-hybridized carbons (Fsp3) is 0.130. The van der Waals surface area contributed by atoms with E-state index in [2.05, 4.69) is 15.3 Å². The molecule has 0 saturated heterocycles. The second kappa shape index (κ2) is 7.26. The first-order valence-electron chi connectivity index (χ1n) is 9.54. The highest BCUT2D eigenvalue weighted by Crippen LogP contribution is 2.35. The molecule has 0 aliphatic carbocycles. The monoisotopic (exact) mass is 405 g/mol. The van der Waals surface area contributed by atoms with Crippen molar-refractivity contribution in [3.63, 3.8) is 0 Å². The number of nitrogens with zero attached hydrogens (tertiary/aromatic N) is 1. The largest absolute Gasteiger partial charge is 0.485 e. The van der Waals surface area contributed by atoms with Crippen LogP contribution in [0.25, 0.3) is 22.2 Å². The van der Waals surface area contributed by atoms with E-state index in [1.807, 2.05) is 18.2 Å². The Kier molecular flexibility index (Phi) is 4.43. The third kappa shape index (κ3) is 3.39. The summed E-state index contributed by atoms with van der Waals surface area (Å²) in [5, 5.41) is 3.41. The lowest BCUT2D eigenvalue weighted by Crippen LogP contribution is -2.34. The average molecular weight is 405 g/mol. The summed E-state index contributed by atoms with van der Waals surface area (Å²) in [7, 11) is 0. The van der Waals surface area contributed by atoms with Crippen LogP contribution in [0.1, 0.15) is 16.1 Å². The summed E-state index contributed by atoms with van der Waals surface area (Å²) in [6, 6.07) is 14.6. The van der Waals surface area contributed by atoms with Crippen molar-refractivity contribution in [1.82, 2.24) is 15.3 Å². The number of halogens is 2. The van der Waals surface area contributed by atoms with Crippen molar-refractivity contribution in [1.29, 1.82) is 0 Å². The predicted octanol–water partition coefficient (Wildman–Crippen LogP) is 4.24. The Labute approximate surface area is 170 Å². The minimum Gasteiger partial charge on any atom is -0.485 e. The highest BCUT2D eigenvalue weighted by Gasteiger charge is 2.27. The van der Waals surface area contributed by atoms with Crippen LogP contribution in [0.4, 0.5) is 8.78 Å². The molecule has 5 nitrogen and oxygen atoms in total. The molecule has 0 radical (unpaired) electrons. The molecule has 1 atom stereocenters. The summed E-state index contributed by atoms with van der Waals surface area (Å²) in [6.45, 7) is 0.218. The molecule has 30 heavy (non-hydrogen) atoms. The number of carbonyl (C=O) groups excluding carboxylic acids is 1. The van der Waals surface area contributed by atoms with Crippen LogP contribution < -0.4 is 10.1 Å². The molecule has 3 heterocycles. The van der Waals surface area contributed by atoms with Crippen molar-refractivity contribution in [2.24, 2.45) is 0 Å². The molecule has 2 N–H and O–H groups in total. The third-order valence-corrected chi connectivity index (χ3v) is 5.13. The molecular weight excluding hydrogens is 388 g/mol. The van der Waals surface area contributed by atoms with Gasteiger partial charge >= 0.3 is 0 Å². The molecule has 7 heteroatoms. The summed E-state index contributed by atoms with van der Waals surface area (Å²) in [5.41, 5.74) is 3.12. The summed E-state index contributed by atoms with van der Waals surface area (Å²) in [6.07, 6.45) is 1.76. The number of aromatic nitrogens is 2. The Morgan fingerprint density at radius 1 is 1.17 bits per heavy atom. The van der Waals surface area contributed by atoms with Gasteiger partial charge in [0.2, 0.25) is 0 Å².